The lowest BCUT2D eigenvalue weighted by Gasteiger charge is -2.38. The van der Waals surface area contributed by atoms with Crippen LogP contribution in [0.25, 0.3) is 0 Å². The molecule has 108 valence electrons. The van der Waals surface area contributed by atoms with Crippen molar-refractivity contribution < 1.29 is 13.5 Å². The van der Waals surface area contributed by atoms with Crippen molar-refractivity contribution in [2.45, 2.75) is 31.5 Å². The normalized spacial score (nSPS) is 22.8. The van der Waals surface area contributed by atoms with Crippen molar-refractivity contribution >= 4 is 10.0 Å². The quantitative estimate of drug-likeness (QED) is 0.788. The first-order valence-electron chi connectivity index (χ1n) is 6.38. The van der Waals surface area contributed by atoms with Gasteiger partial charge >= 0.3 is 0 Å². The zero-order valence-electron chi connectivity index (χ0n) is 11.2. The van der Waals surface area contributed by atoms with Crippen LogP contribution in [-0.4, -0.2) is 65.1 Å². The number of aliphatic hydroxyl groups excluding tert-OH is 1. The number of sulfonamides is 1. The maximum Gasteiger partial charge on any atom is 0.260 e. The van der Waals surface area contributed by atoms with Gasteiger partial charge in [0.1, 0.15) is 0 Å². The van der Waals surface area contributed by atoms with Gasteiger partial charge < -0.3 is 5.11 Å². The standard InChI is InChI=1S/C11H20N4O3S/c1-3-14-4-5-15(7-9(14)2)19(17,18)11-10(8-16)6-12-13-11/h6,9,16H,3-5,7-8H2,1-2H3,(H,12,13). The van der Waals surface area contributed by atoms with Gasteiger partial charge in [-0.3, -0.25) is 10.00 Å². The van der Waals surface area contributed by atoms with Crippen molar-refractivity contribution in [3.8, 4) is 0 Å². The van der Waals surface area contributed by atoms with Crippen molar-refractivity contribution in [3.05, 3.63) is 11.8 Å². The Morgan fingerprint density at radius 1 is 1.53 bits per heavy atom. The van der Waals surface area contributed by atoms with Crippen LogP contribution in [0.1, 0.15) is 19.4 Å². The third-order valence-corrected chi connectivity index (χ3v) is 5.46. The molecular formula is C11H20N4O3S. The zero-order chi connectivity index (χ0) is 14.0. The average molecular weight is 288 g/mol. The fourth-order valence-corrected chi connectivity index (χ4v) is 4.02. The van der Waals surface area contributed by atoms with Crippen molar-refractivity contribution in [2.24, 2.45) is 0 Å². The summed E-state index contributed by atoms with van der Waals surface area (Å²) < 4.78 is 26.4. The Morgan fingerprint density at radius 2 is 2.26 bits per heavy atom. The second-order valence-electron chi connectivity index (χ2n) is 4.72. The highest BCUT2D eigenvalue weighted by Crippen LogP contribution is 2.21. The number of aromatic amines is 1. The molecule has 0 spiro atoms. The van der Waals surface area contributed by atoms with Gasteiger partial charge in [0.05, 0.1) is 12.8 Å². The molecule has 0 radical (unpaired) electrons. The summed E-state index contributed by atoms with van der Waals surface area (Å²) in [5, 5.41) is 15.3. The fraction of sp³-hybridized carbons (Fsp3) is 0.727. The summed E-state index contributed by atoms with van der Waals surface area (Å²) in [5.74, 6) is 0. The van der Waals surface area contributed by atoms with E-state index in [1.54, 1.807) is 0 Å². The van der Waals surface area contributed by atoms with Crippen molar-refractivity contribution in [3.63, 3.8) is 0 Å². The van der Waals surface area contributed by atoms with E-state index in [-0.39, 0.29) is 17.7 Å². The lowest BCUT2D eigenvalue weighted by atomic mass is 10.2. The molecule has 1 aliphatic heterocycles. The number of piperazine rings is 1. The highest BCUT2D eigenvalue weighted by molar-refractivity contribution is 7.89. The smallest absolute Gasteiger partial charge is 0.260 e. The lowest BCUT2D eigenvalue weighted by Crippen LogP contribution is -2.53. The molecule has 2 N–H and O–H groups in total. The van der Waals surface area contributed by atoms with Gasteiger partial charge in [0.15, 0.2) is 5.03 Å². The van der Waals surface area contributed by atoms with E-state index in [4.69, 9.17) is 5.11 Å². The first-order chi connectivity index (χ1) is 9.00. The van der Waals surface area contributed by atoms with Gasteiger partial charge in [-0.05, 0) is 13.5 Å². The number of aliphatic hydroxyl groups is 1. The summed E-state index contributed by atoms with van der Waals surface area (Å²) in [6.07, 6.45) is 1.35. The van der Waals surface area contributed by atoms with Crippen LogP contribution >= 0.6 is 0 Å². The number of nitrogens with zero attached hydrogens (tertiary/aromatic N) is 3. The second kappa shape index (κ2) is 5.58. The molecule has 1 fully saturated rings. The molecule has 1 saturated heterocycles. The number of hydrogen-bond donors (Lipinski definition) is 2. The molecule has 0 aromatic carbocycles. The molecule has 1 aliphatic rings. The summed E-state index contributed by atoms with van der Waals surface area (Å²) in [5.41, 5.74) is 0.311. The Labute approximate surface area is 113 Å². The SMILES string of the molecule is CCN1CCN(S(=O)(=O)c2[nH]ncc2CO)CC1C. The number of rotatable bonds is 4. The molecule has 8 heteroatoms. The van der Waals surface area contributed by atoms with Gasteiger partial charge in [0.2, 0.25) is 0 Å². The van der Waals surface area contributed by atoms with Crippen LogP contribution in [0.3, 0.4) is 0 Å². The van der Waals surface area contributed by atoms with Crippen LogP contribution in [0.5, 0.6) is 0 Å². The molecule has 0 bridgehead atoms. The molecule has 1 atom stereocenters. The van der Waals surface area contributed by atoms with E-state index in [2.05, 4.69) is 22.0 Å². The fourth-order valence-electron chi connectivity index (χ4n) is 2.41. The number of H-pyrrole nitrogens is 1. The number of aromatic nitrogens is 2. The minimum absolute atomic E-state index is 0.00662. The Kier molecular flexibility index (Phi) is 4.24. The first kappa shape index (κ1) is 14.4. The molecule has 19 heavy (non-hydrogen) atoms. The molecule has 0 amide bonds. The predicted molar refractivity (Wildman–Crippen MR) is 70.0 cm³/mol. The van der Waals surface area contributed by atoms with E-state index in [9.17, 15) is 8.42 Å². The van der Waals surface area contributed by atoms with Gasteiger partial charge in [-0.25, -0.2) is 8.42 Å². The average Bonchev–Trinajstić information content (AvgIpc) is 2.87. The Bertz CT molecular complexity index is 528. The van der Waals surface area contributed by atoms with E-state index in [0.29, 0.717) is 18.7 Å². The van der Waals surface area contributed by atoms with E-state index >= 15 is 0 Å². The Balaban J connectivity index is 2.22. The summed E-state index contributed by atoms with van der Waals surface area (Å²) >= 11 is 0. The van der Waals surface area contributed by atoms with Crippen LogP contribution in [-0.2, 0) is 16.6 Å². The minimum Gasteiger partial charge on any atom is -0.392 e. The topological polar surface area (TPSA) is 89.5 Å². The van der Waals surface area contributed by atoms with Gasteiger partial charge in [-0.1, -0.05) is 6.92 Å². The molecule has 1 aromatic rings. The van der Waals surface area contributed by atoms with Gasteiger partial charge in [0.25, 0.3) is 10.0 Å². The Morgan fingerprint density at radius 3 is 2.84 bits per heavy atom. The minimum atomic E-state index is -3.60. The predicted octanol–water partition coefficient (Wildman–Crippen LogP) is -0.383. The monoisotopic (exact) mass is 288 g/mol. The molecule has 2 heterocycles. The van der Waals surface area contributed by atoms with Crippen molar-refractivity contribution in [1.82, 2.24) is 19.4 Å². The molecule has 2 rings (SSSR count). The third kappa shape index (κ3) is 2.66. The summed E-state index contributed by atoms with van der Waals surface area (Å²) in [6, 6.07) is 0.189. The van der Waals surface area contributed by atoms with Crippen molar-refractivity contribution in [1.29, 1.82) is 0 Å². The van der Waals surface area contributed by atoms with E-state index in [1.165, 1.54) is 10.5 Å². The summed E-state index contributed by atoms with van der Waals surface area (Å²) in [4.78, 5) is 2.24. The number of hydrogen-bond acceptors (Lipinski definition) is 5. The maximum atomic E-state index is 12.5. The first-order valence-corrected chi connectivity index (χ1v) is 7.82. The van der Waals surface area contributed by atoms with E-state index < -0.39 is 10.0 Å². The van der Waals surface area contributed by atoms with Gasteiger partial charge in [0, 0.05) is 31.2 Å². The molecular weight excluding hydrogens is 268 g/mol. The van der Waals surface area contributed by atoms with E-state index in [1.807, 2.05) is 6.92 Å². The second-order valence-corrected chi connectivity index (χ2v) is 6.60. The molecule has 0 aliphatic carbocycles. The summed E-state index contributed by atoms with van der Waals surface area (Å²) in [7, 11) is -3.60. The highest BCUT2D eigenvalue weighted by atomic mass is 32.2. The van der Waals surface area contributed by atoms with Crippen LogP contribution < -0.4 is 0 Å². The summed E-state index contributed by atoms with van der Waals surface area (Å²) in [6.45, 7) is 6.31. The molecule has 7 nitrogen and oxygen atoms in total. The Hall–Kier alpha value is -0.960. The number of likely N-dealkylation sites (N-methyl/N-ethyl adjacent to an activating group) is 1. The highest BCUT2D eigenvalue weighted by Gasteiger charge is 2.33. The van der Waals surface area contributed by atoms with Crippen LogP contribution in [0, 0.1) is 0 Å². The van der Waals surface area contributed by atoms with Crippen LogP contribution in [0.2, 0.25) is 0 Å². The molecule has 1 unspecified atom stereocenters. The van der Waals surface area contributed by atoms with Gasteiger partial charge in [-0.2, -0.15) is 9.40 Å². The largest absolute Gasteiger partial charge is 0.392 e. The van der Waals surface area contributed by atoms with Crippen molar-refractivity contribution in [2.75, 3.05) is 26.2 Å². The maximum absolute atomic E-state index is 12.5. The van der Waals surface area contributed by atoms with Crippen LogP contribution in [0.15, 0.2) is 11.2 Å². The molecule has 1 aromatic heterocycles. The third-order valence-electron chi connectivity index (χ3n) is 3.58. The zero-order valence-corrected chi connectivity index (χ0v) is 12.0. The van der Waals surface area contributed by atoms with E-state index in [0.717, 1.165) is 13.1 Å². The number of nitrogens with one attached hydrogen (secondary N) is 1. The lowest BCUT2D eigenvalue weighted by molar-refractivity contribution is 0.135. The van der Waals surface area contributed by atoms with Crippen LogP contribution in [0.4, 0.5) is 0 Å². The van der Waals surface area contributed by atoms with Gasteiger partial charge in [-0.15, -0.1) is 0 Å². The molecule has 0 saturated carbocycles.